The lowest BCUT2D eigenvalue weighted by atomic mass is 10.2. The van der Waals surface area contributed by atoms with Crippen LogP contribution in [0.25, 0.3) is 0 Å². The Morgan fingerprint density at radius 3 is 2.21 bits per heavy atom. The number of ether oxygens (including phenoxy) is 1. The zero-order valence-corrected chi connectivity index (χ0v) is 21.3. The normalized spacial score (nSPS) is 12.3. The van der Waals surface area contributed by atoms with E-state index in [1.54, 1.807) is 12.1 Å². The highest BCUT2D eigenvalue weighted by Crippen LogP contribution is 2.28. The summed E-state index contributed by atoms with van der Waals surface area (Å²) in [6.07, 6.45) is 0. The van der Waals surface area contributed by atoms with Gasteiger partial charge in [-0.3, -0.25) is 4.90 Å². The van der Waals surface area contributed by atoms with Crippen molar-refractivity contribution in [2.45, 2.75) is 46.4 Å². The van der Waals surface area contributed by atoms with Crippen LogP contribution in [0.5, 0.6) is 5.75 Å². The molecule has 0 aliphatic rings. The van der Waals surface area contributed by atoms with Gasteiger partial charge in [0.25, 0.3) is 0 Å². The summed E-state index contributed by atoms with van der Waals surface area (Å²) < 4.78 is 6.32. The number of hydrogen-bond acceptors (Lipinski definition) is 3. The Labute approximate surface area is 207 Å². The Morgan fingerprint density at radius 2 is 1.64 bits per heavy atom. The molecule has 0 saturated carbocycles. The molecule has 3 aromatic carbocycles. The van der Waals surface area contributed by atoms with E-state index >= 15 is 0 Å². The van der Waals surface area contributed by atoms with Crippen LogP contribution in [0.15, 0.2) is 77.8 Å². The number of nitrogens with zero attached hydrogens (tertiary/aromatic N) is 2. The lowest BCUT2D eigenvalue weighted by Gasteiger charge is -2.40. The average molecular weight is 484 g/mol. The number of anilines is 1. The van der Waals surface area contributed by atoms with Gasteiger partial charge in [-0.2, -0.15) is 0 Å². The molecule has 0 aliphatic heterocycles. The number of hydrogen-bond donors (Lipinski definition) is 1. The fourth-order valence-electron chi connectivity index (χ4n) is 3.90. The number of amidine groups is 1. The summed E-state index contributed by atoms with van der Waals surface area (Å²) in [4.78, 5) is 7.17. The molecule has 0 aromatic heterocycles. The molecule has 3 rings (SSSR count). The maximum atomic E-state index is 6.32. The Morgan fingerprint density at radius 1 is 0.970 bits per heavy atom. The SMILES string of the molecule is CCN(C(C)C)C(C)(C)Oc1ccc(N=C(Nc2ccc(Cl)c(Cl)c2)c2ccccc2)cc1. The molecule has 0 saturated heterocycles. The predicted molar refractivity (Wildman–Crippen MR) is 141 cm³/mol. The minimum atomic E-state index is -0.418. The highest BCUT2D eigenvalue weighted by molar-refractivity contribution is 6.42. The van der Waals surface area contributed by atoms with Gasteiger partial charge >= 0.3 is 0 Å². The third kappa shape index (κ3) is 6.73. The maximum absolute atomic E-state index is 6.32. The third-order valence-corrected chi connectivity index (χ3v) is 6.07. The van der Waals surface area contributed by atoms with Crippen molar-refractivity contribution in [2.24, 2.45) is 4.99 Å². The number of rotatable bonds is 8. The van der Waals surface area contributed by atoms with Gasteiger partial charge in [0.05, 0.1) is 15.7 Å². The summed E-state index contributed by atoms with van der Waals surface area (Å²) in [5, 5.41) is 4.37. The van der Waals surface area contributed by atoms with Crippen molar-refractivity contribution in [1.29, 1.82) is 0 Å². The summed E-state index contributed by atoms with van der Waals surface area (Å²) in [5.74, 6) is 1.51. The summed E-state index contributed by atoms with van der Waals surface area (Å²) in [6.45, 7) is 11.6. The molecule has 3 aromatic rings. The maximum Gasteiger partial charge on any atom is 0.158 e. The topological polar surface area (TPSA) is 36.9 Å². The van der Waals surface area contributed by atoms with Crippen LogP contribution in [0.4, 0.5) is 11.4 Å². The second-order valence-electron chi connectivity index (χ2n) is 8.50. The predicted octanol–water partition coefficient (Wildman–Crippen LogP) is 8.03. The third-order valence-electron chi connectivity index (χ3n) is 5.33. The lowest BCUT2D eigenvalue weighted by Crippen LogP contribution is -2.51. The van der Waals surface area contributed by atoms with Gasteiger partial charge in [-0.15, -0.1) is 0 Å². The van der Waals surface area contributed by atoms with Crippen LogP contribution >= 0.6 is 23.2 Å². The second-order valence-corrected chi connectivity index (χ2v) is 9.32. The quantitative estimate of drug-likeness (QED) is 0.200. The first-order valence-electron chi connectivity index (χ1n) is 11.1. The van der Waals surface area contributed by atoms with Gasteiger partial charge in [0, 0.05) is 17.3 Å². The molecule has 33 heavy (non-hydrogen) atoms. The van der Waals surface area contributed by atoms with Gasteiger partial charge in [0.2, 0.25) is 0 Å². The Kier molecular flexibility index (Phi) is 8.41. The monoisotopic (exact) mass is 483 g/mol. The van der Waals surface area contributed by atoms with Crippen LogP contribution in [0.3, 0.4) is 0 Å². The van der Waals surface area contributed by atoms with Gasteiger partial charge in [-0.1, -0.05) is 60.5 Å². The molecule has 0 atom stereocenters. The van der Waals surface area contributed by atoms with E-state index < -0.39 is 5.72 Å². The van der Waals surface area contributed by atoms with Crippen molar-refractivity contribution in [3.05, 3.63) is 88.4 Å². The molecule has 0 unspecified atom stereocenters. The summed E-state index contributed by atoms with van der Waals surface area (Å²) in [7, 11) is 0. The van der Waals surface area contributed by atoms with Crippen LogP contribution < -0.4 is 10.1 Å². The fourth-order valence-corrected chi connectivity index (χ4v) is 4.20. The lowest BCUT2D eigenvalue weighted by molar-refractivity contribution is -0.0701. The van der Waals surface area contributed by atoms with E-state index in [-0.39, 0.29) is 0 Å². The Hall–Kier alpha value is -2.53. The molecular weight excluding hydrogens is 453 g/mol. The van der Waals surface area contributed by atoms with Crippen molar-refractivity contribution < 1.29 is 4.74 Å². The van der Waals surface area contributed by atoms with Gasteiger partial charge in [0.1, 0.15) is 11.6 Å². The second kappa shape index (κ2) is 11.1. The average Bonchev–Trinajstić information content (AvgIpc) is 2.77. The van der Waals surface area contributed by atoms with Crippen molar-refractivity contribution in [3.63, 3.8) is 0 Å². The number of nitrogens with one attached hydrogen (secondary N) is 1. The molecule has 0 fully saturated rings. The summed E-state index contributed by atoms with van der Waals surface area (Å²) in [5.41, 5.74) is 2.16. The first-order valence-corrected chi connectivity index (χ1v) is 11.9. The largest absolute Gasteiger partial charge is 0.473 e. The van der Waals surface area contributed by atoms with E-state index in [4.69, 9.17) is 32.9 Å². The van der Waals surface area contributed by atoms with Gasteiger partial charge in [-0.05, 0) is 76.7 Å². The fraction of sp³-hybridized carbons (Fsp3) is 0.296. The van der Waals surface area contributed by atoms with E-state index in [1.165, 1.54) is 0 Å². The zero-order chi connectivity index (χ0) is 24.0. The van der Waals surface area contributed by atoms with Crippen LogP contribution in [0.2, 0.25) is 10.0 Å². The van der Waals surface area contributed by atoms with E-state index in [0.717, 1.165) is 29.2 Å². The first-order chi connectivity index (χ1) is 15.7. The zero-order valence-electron chi connectivity index (χ0n) is 19.8. The molecule has 0 spiro atoms. The Balaban J connectivity index is 1.86. The van der Waals surface area contributed by atoms with Crippen molar-refractivity contribution in [2.75, 3.05) is 11.9 Å². The smallest absolute Gasteiger partial charge is 0.158 e. The standard InChI is InChI=1S/C27H31Cl2N3O/c1-6-32(19(2)3)27(4,5)33-23-15-12-21(13-16-23)30-26(20-10-8-7-9-11-20)31-22-14-17-24(28)25(29)18-22/h7-19H,6H2,1-5H3,(H,30,31). The summed E-state index contributed by atoms with van der Waals surface area (Å²) in [6, 6.07) is 23.6. The van der Waals surface area contributed by atoms with E-state index in [0.29, 0.717) is 21.9 Å². The minimum absolute atomic E-state index is 0.384. The van der Waals surface area contributed by atoms with Crippen molar-refractivity contribution in [1.82, 2.24) is 4.90 Å². The highest BCUT2D eigenvalue weighted by Gasteiger charge is 2.29. The molecule has 1 N–H and O–H groups in total. The molecule has 0 amide bonds. The number of aliphatic imine (C=N–C) groups is 1. The van der Waals surface area contributed by atoms with Crippen LogP contribution in [-0.2, 0) is 0 Å². The molecule has 0 heterocycles. The highest BCUT2D eigenvalue weighted by atomic mass is 35.5. The van der Waals surface area contributed by atoms with Crippen molar-refractivity contribution >= 4 is 40.4 Å². The minimum Gasteiger partial charge on any atom is -0.473 e. The molecular formula is C27H31Cl2N3O. The molecule has 0 bridgehead atoms. The van der Waals surface area contributed by atoms with Crippen molar-refractivity contribution in [3.8, 4) is 5.75 Å². The van der Waals surface area contributed by atoms with E-state index in [9.17, 15) is 0 Å². The van der Waals surface area contributed by atoms with Crippen LogP contribution in [0.1, 0.15) is 40.2 Å². The molecule has 0 aliphatic carbocycles. The molecule has 6 heteroatoms. The van der Waals surface area contributed by atoms with E-state index in [1.807, 2.05) is 60.7 Å². The van der Waals surface area contributed by atoms with Crippen LogP contribution in [-0.4, -0.2) is 29.0 Å². The molecule has 174 valence electrons. The molecule has 4 nitrogen and oxygen atoms in total. The summed E-state index contributed by atoms with van der Waals surface area (Å²) >= 11 is 12.3. The first kappa shape index (κ1) is 25.1. The van der Waals surface area contributed by atoms with Gasteiger partial charge < -0.3 is 10.1 Å². The Bertz CT molecular complexity index is 1080. The number of halogens is 2. The van der Waals surface area contributed by atoms with Crippen LogP contribution in [0, 0.1) is 0 Å². The van der Waals surface area contributed by atoms with Gasteiger partial charge in [0.15, 0.2) is 5.72 Å². The van der Waals surface area contributed by atoms with E-state index in [2.05, 4.69) is 44.8 Å². The number of benzene rings is 3. The molecule has 0 radical (unpaired) electrons. The van der Waals surface area contributed by atoms with Gasteiger partial charge in [-0.25, -0.2) is 4.99 Å².